The van der Waals surface area contributed by atoms with Crippen LogP contribution in [0.3, 0.4) is 0 Å². The second-order valence-corrected chi connectivity index (χ2v) is 21.0. The van der Waals surface area contributed by atoms with Crippen molar-refractivity contribution >= 4 is 183 Å². The van der Waals surface area contributed by atoms with Crippen LogP contribution in [0.15, 0.2) is 0 Å². The van der Waals surface area contributed by atoms with Crippen molar-refractivity contribution in [2.45, 2.75) is 30.5 Å². The zero-order valence-corrected chi connectivity index (χ0v) is 48.4. The molecule has 0 aliphatic rings. The minimum atomic E-state index is -1.41. The lowest BCUT2D eigenvalue weighted by Gasteiger charge is -2.26. The minimum Gasteiger partial charge on any atom is -0.394 e. The number of nitrogens with one attached hydrogen (secondary N) is 4. The van der Waals surface area contributed by atoms with Gasteiger partial charge in [0.25, 0.3) is 23.6 Å². The lowest BCUT2D eigenvalue weighted by molar-refractivity contribution is 0.0510. The zero-order chi connectivity index (χ0) is 50.5. The molecule has 2 aromatic rings. The number of carbonyl (C=O) groups is 6. The Hall–Kier alpha value is -1.12. The molecule has 0 aliphatic heterocycles. The predicted octanol–water partition coefficient (Wildman–Crippen LogP) is -0.681. The van der Waals surface area contributed by atoms with Gasteiger partial charge < -0.3 is 86.8 Å². The quantitative estimate of drug-likeness (QED) is 0.0650. The zero-order valence-electron chi connectivity index (χ0n) is 35.5. The van der Waals surface area contributed by atoms with Crippen LogP contribution in [0.5, 0.6) is 0 Å². The van der Waals surface area contributed by atoms with Gasteiger partial charge in [0.15, 0.2) is 0 Å². The highest BCUT2D eigenvalue weighted by Gasteiger charge is 2.34. The molecule has 0 saturated carbocycles. The minimum absolute atomic E-state index is 0.0176. The second kappa shape index (κ2) is 28.7. The highest BCUT2D eigenvalue weighted by Crippen LogP contribution is 2.38. The van der Waals surface area contributed by atoms with Gasteiger partial charge in [0.1, 0.15) is 0 Å². The number of aliphatic hydroxyl groups excluding tert-OH is 9. The Balaban J connectivity index is 2.41. The van der Waals surface area contributed by atoms with Crippen LogP contribution >= 0.6 is 136 Å². The topological polar surface area (TPSA) is 346 Å². The maximum Gasteiger partial charge on any atom is 0.319 e. The number of benzene rings is 2. The number of hydrogen-bond donors (Lipinski definition) is 13. The van der Waals surface area contributed by atoms with Gasteiger partial charge in [-0.3, -0.25) is 19.2 Å². The smallest absolute Gasteiger partial charge is 0.319 e. The van der Waals surface area contributed by atoms with Crippen LogP contribution in [-0.2, 0) is 0 Å². The van der Waals surface area contributed by atoms with E-state index in [0.29, 0.717) is 0 Å². The van der Waals surface area contributed by atoms with E-state index < -0.39 is 106 Å². The average molecular weight is 1610 g/mol. The van der Waals surface area contributed by atoms with E-state index in [0.717, 1.165) is 19.6 Å². The molecule has 2 rings (SSSR count). The van der Waals surface area contributed by atoms with Gasteiger partial charge in [-0.15, -0.1) is 0 Å². The van der Waals surface area contributed by atoms with Crippen LogP contribution in [0, 0.1) is 21.4 Å². The molecule has 4 atom stereocenters. The fraction of sp³-hybridized carbons (Fsp3) is 0.514. The summed E-state index contributed by atoms with van der Waals surface area (Å²) in [5.74, 6) is -2.67. The van der Waals surface area contributed by atoms with Crippen LogP contribution in [0.25, 0.3) is 0 Å². The summed E-state index contributed by atoms with van der Waals surface area (Å²) < 4.78 is 1.12. The SMILES string of the molecule is CN(CC(O)CO)C(=O)c1c(I)c(NC(=O)NCC(O)CNC(=O)Nc2c(I)c(C(=O)N(C)CC(O)CO)c(I)c(C(=O)N(C)CC(O)CO)c2I)c(I)c(C(=O)N(C)CC(O)CO)c1I. The van der Waals surface area contributed by atoms with Crippen LogP contribution in [-0.4, -0.2) is 226 Å². The van der Waals surface area contributed by atoms with E-state index in [1.807, 2.05) is 90.4 Å². The molecular formula is C37H50I6N8O15. The predicted molar refractivity (Wildman–Crippen MR) is 289 cm³/mol. The number of nitrogens with zero attached hydrogens (tertiary/aromatic N) is 4. The van der Waals surface area contributed by atoms with Crippen molar-refractivity contribution in [2.75, 3.05) is 105 Å². The summed E-state index contributed by atoms with van der Waals surface area (Å²) in [6.45, 7) is -4.52. The van der Waals surface area contributed by atoms with E-state index in [2.05, 4.69) is 21.3 Å². The van der Waals surface area contributed by atoms with Crippen LogP contribution in [0.2, 0.25) is 0 Å². The molecule has 66 heavy (non-hydrogen) atoms. The summed E-state index contributed by atoms with van der Waals surface area (Å²) in [6, 6.07) is -1.79. The molecule has 13 N–H and O–H groups in total. The maximum absolute atomic E-state index is 13.8. The Morgan fingerprint density at radius 2 is 0.621 bits per heavy atom. The summed E-state index contributed by atoms with van der Waals surface area (Å²) in [5, 5.41) is 98.3. The van der Waals surface area contributed by atoms with Crippen molar-refractivity contribution in [1.29, 1.82) is 0 Å². The molecule has 23 nitrogen and oxygen atoms in total. The number of carbonyl (C=O) groups excluding carboxylic acids is 6. The lowest BCUT2D eigenvalue weighted by Crippen LogP contribution is -2.43. The second-order valence-electron chi connectivity index (χ2n) is 14.5. The monoisotopic (exact) mass is 1610 g/mol. The van der Waals surface area contributed by atoms with E-state index in [9.17, 15) is 74.7 Å². The van der Waals surface area contributed by atoms with Gasteiger partial charge in [-0.2, -0.15) is 0 Å². The van der Waals surface area contributed by atoms with E-state index in [-0.39, 0.29) is 81.2 Å². The first-order chi connectivity index (χ1) is 30.8. The number of amides is 8. The fourth-order valence-corrected chi connectivity index (χ4v) is 14.4. The van der Waals surface area contributed by atoms with Crippen molar-refractivity contribution in [3.05, 3.63) is 43.7 Å². The molecule has 0 heterocycles. The first-order valence-electron chi connectivity index (χ1n) is 19.2. The third kappa shape index (κ3) is 16.5. The molecule has 29 heteroatoms. The van der Waals surface area contributed by atoms with Gasteiger partial charge in [0, 0.05) is 74.6 Å². The summed E-state index contributed by atoms with van der Waals surface area (Å²) in [4.78, 5) is 86.2. The molecule has 2 aromatic carbocycles. The van der Waals surface area contributed by atoms with Gasteiger partial charge in [-0.1, -0.05) is 0 Å². The van der Waals surface area contributed by atoms with Crippen molar-refractivity contribution in [2.24, 2.45) is 0 Å². The highest BCUT2D eigenvalue weighted by atomic mass is 127. The third-order valence-electron chi connectivity index (χ3n) is 9.13. The molecular weight excluding hydrogens is 1560 g/mol. The Morgan fingerprint density at radius 1 is 0.409 bits per heavy atom. The molecule has 8 amide bonds. The normalized spacial score (nSPS) is 13.4. The molecule has 0 bridgehead atoms. The van der Waals surface area contributed by atoms with Crippen molar-refractivity contribution in [1.82, 2.24) is 30.2 Å². The van der Waals surface area contributed by atoms with E-state index in [1.165, 1.54) is 28.2 Å². The first kappa shape index (κ1) is 61.0. The van der Waals surface area contributed by atoms with Crippen molar-refractivity contribution < 1.29 is 74.7 Å². The maximum atomic E-state index is 13.8. The molecule has 0 fully saturated rings. The van der Waals surface area contributed by atoms with Crippen molar-refractivity contribution in [3.8, 4) is 0 Å². The average Bonchev–Trinajstić information content (AvgIpc) is 3.26. The Kier molecular flexibility index (Phi) is 26.5. The third-order valence-corrected chi connectivity index (χ3v) is 15.6. The van der Waals surface area contributed by atoms with Crippen LogP contribution in [0.1, 0.15) is 41.4 Å². The van der Waals surface area contributed by atoms with E-state index >= 15 is 0 Å². The van der Waals surface area contributed by atoms with Gasteiger partial charge in [-0.25, -0.2) is 9.59 Å². The number of aliphatic hydroxyl groups is 9. The number of urea groups is 2. The van der Waals surface area contributed by atoms with Crippen molar-refractivity contribution in [3.63, 3.8) is 0 Å². The lowest BCUT2D eigenvalue weighted by atomic mass is 10.1. The van der Waals surface area contributed by atoms with Gasteiger partial charge in [-0.05, 0) is 136 Å². The van der Waals surface area contributed by atoms with E-state index in [1.54, 1.807) is 45.2 Å². The Morgan fingerprint density at radius 3 is 0.818 bits per heavy atom. The summed E-state index contributed by atoms with van der Waals surface area (Å²) in [7, 11) is 5.47. The molecule has 0 saturated heterocycles. The molecule has 0 aliphatic carbocycles. The number of hydrogen-bond acceptors (Lipinski definition) is 15. The molecule has 0 aromatic heterocycles. The van der Waals surface area contributed by atoms with Gasteiger partial charge in [0.05, 0.1) is 105 Å². The summed E-state index contributed by atoms with van der Waals surface area (Å²) in [5.41, 5.74) is -0.0770. The summed E-state index contributed by atoms with van der Waals surface area (Å²) >= 11 is 10.9. The van der Waals surface area contributed by atoms with Crippen LogP contribution < -0.4 is 21.3 Å². The number of rotatable bonds is 22. The standard InChI is InChI=1S/C37H50I6N8O15/c1-48(7-16(57)11-52)32(61)20-24(38)21(33(62)49(2)8-17(58)12-53)27(41)30(26(20)40)46-36(65)44-5-15(56)6-45-37(66)47-31-28(42)22(34(63)50(3)9-18(59)13-54)25(39)23(29(31)43)35(64)51(4)10-19(60)14-55/h15-19,52-60H,5-14H2,1-4H3,(H2,44,46,65)(H2,45,47,66). The first-order valence-corrected chi connectivity index (χ1v) is 25.6. The van der Waals surface area contributed by atoms with E-state index in [4.69, 9.17) is 0 Å². The van der Waals surface area contributed by atoms with Crippen LogP contribution in [0.4, 0.5) is 21.0 Å². The highest BCUT2D eigenvalue weighted by molar-refractivity contribution is 14.1. The molecule has 4 unspecified atom stereocenters. The fourth-order valence-electron chi connectivity index (χ4n) is 5.70. The van der Waals surface area contributed by atoms with Gasteiger partial charge >= 0.3 is 12.1 Å². The summed E-state index contributed by atoms with van der Waals surface area (Å²) in [6.07, 6.45) is -6.52. The largest absolute Gasteiger partial charge is 0.394 e. The number of likely N-dealkylation sites (N-methyl/N-ethyl adjacent to an activating group) is 4. The Labute approximate surface area is 461 Å². The molecule has 0 radical (unpaired) electrons. The number of anilines is 2. The molecule has 370 valence electrons. The van der Waals surface area contributed by atoms with Gasteiger partial charge in [0.2, 0.25) is 0 Å². The molecule has 0 spiro atoms. The Bertz CT molecular complexity index is 1850. The number of halogens is 6.